The van der Waals surface area contributed by atoms with Crippen molar-refractivity contribution in [2.75, 3.05) is 26.7 Å². The summed E-state index contributed by atoms with van der Waals surface area (Å²) in [6.45, 7) is 5.43. The third-order valence-electron chi connectivity index (χ3n) is 2.25. The molecule has 0 aromatic heterocycles. The van der Waals surface area contributed by atoms with Gasteiger partial charge in [0.1, 0.15) is 0 Å². The van der Waals surface area contributed by atoms with Crippen molar-refractivity contribution in [3.05, 3.63) is 0 Å². The zero-order valence-electron chi connectivity index (χ0n) is 11.3. The maximum absolute atomic E-state index is 11.8. The molecular weight excluding hydrogens is 240 g/mol. The molecule has 0 fully saturated rings. The van der Waals surface area contributed by atoms with E-state index in [1.54, 1.807) is 20.8 Å². The van der Waals surface area contributed by atoms with E-state index in [1.165, 1.54) is 12.0 Å². The molecule has 0 spiro atoms. The lowest BCUT2D eigenvalue weighted by Crippen LogP contribution is -2.49. The largest absolute Gasteiger partial charge is 0.479 e. The molecule has 2 amide bonds. The number of hydrogen-bond donors (Lipinski definition) is 3. The first-order valence-corrected chi connectivity index (χ1v) is 5.72. The number of carboxylic acids is 1. The van der Waals surface area contributed by atoms with Crippen molar-refractivity contribution in [1.82, 2.24) is 10.2 Å². The van der Waals surface area contributed by atoms with Gasteiger partial charge in [0.25, 0.3) is 0 Å². The third kappa shape index (κ3) is 6.41. The maximum Gasteiger partial charge on any atom is 0.334 e. The summed E-state index contributed by atoms with van der Waals surface area (Å²) in [7, 11) is 1.26. The van der Waals surface area contributed by atoms with Gasteiger partial charge >= 0.3 is 12.0 Å². The fourth-order valence-corrected chi connectivity index (χ4v) is 1.36. The molecule has 0 saturated carbocycles. The first kappa shape index (κ1) is 16.7. The van der Waals surface area contributed by atoms with Gasteiger partial charge in [-0.3, -0.25) is 0 Å². The SMILES string of the molecule is CCN(CC(C)(C)O)C(=O)NCC(OC)C(=O)O. The molecule has 0 aliphatic heterocycles. The molecule has 0 aliphatic carbocycles. The molecule has 3 N–H and O–H groups in total. The van der Waals surface area contributed by atoms with Crippen LogP contribution in [0.1, 0.15) is 20.8 Å². The van der Waals surface area contributed by atoms with E-state index >= 15 is 0 Å². The van der Waals surface area contributed by atoms with E-state index in [-0.39, 0.29) is 13.1 Å². The van der Waals surface area contributed by atoms with Gasteiger partial charge in [-0.2, -0.15) is 0 Å². The molecule has 0 aromatic carbocycles. The van der Waals surface area contributed by atoms with Crippen LogP contribution in [0.2, 0.25) is 0 Å². The zero-order valence-corrected chi connectivity index (χ0v) is 11.3. The predicted molar refractivity (Wildman–Crippen MR) is 65.4 cm³/mol. The van der Waals surface area contributed by atoms with Gasteiger partial charge in [-0.1, -0.05) is 0 Å². The molecule has 7 nitrogen and oxygen atoms in total. The molecule has 0 aromatic rings. The number of aliphatic carboxylic acids is 1. The summed E-state index contributed by atoms with van der Waals surface area (Å²) >= 11 is 0. The van der Waals surface area contributed by atoms with Gasteiger partial charge in [-0.25, -0.2) is 9.59 Å². The van der Waals surface area contributed by atoms with Gasteiger partial charge in [-0.15, -0.1) is 0 Å². The minimum atomic E-state index is -1.14. The molecule has 18 heavy (non-hydrogen) atoms. The highest BCUT2D eigenvalue weighted by molar-refractivity contribution is 5.77. The van der Waals surface area contributed by atoms with Gasteiger partial charge < -0.3 is 25.2 Å². The Morgan fingerprint density at radius 2 is 2.00 bits per heavy atom. The van der Waals surface area contributed by atoms with Crippen LogP contribution in [0.4, 0.5) is 4.79 Å². The van der Waals surface area contributed by atoms with E-state index in [9.17, 15) is 14.7 Å². The second kappa shape index (κ2) is 7.17. The molecule has 0 bridgehead atoms. The molecule has 0 radical (unpaired) electrons. The molecule has 1 unspecified atom stereocenters. The van der Waals surface area contributed by atoms with Crippen LogP contribution in [0.15, 0.2) is 0 Å². The predicted octanol–water partition coefficient (Wildman–Crippen LogP) is -0.112. The molecule has 106 valence electrons. The lowest BCUT2D eigenvalue weighted by atomic mass is 10.1. The number of rotatable bonds is 7. The van der Waals surface area contributed by atoms with Crippen LogP contribution in [0.5, 0.6) is 0 Å². The highest BCUT2D eigenvalue weighted by Gasteiger charge is 2.23. The minimum Gasteiger partial charge on any atom is -0.479 e. The van der Waals surface area contributed by atoms with Crippen molar-refractivity contribution in [2.24, 2.45) is 0 Å². The number of hydrogen-bond acceptors (Lipinski definition) is 4. The van der Waals surface area contributed by atoms with Crippen LogP contribution >= 0.6 is 0 Å². The zero-order chi connectivity index (χ0) is 14.3. The number of urea groups is 1. The van der Waals surface area contributed by atoms with Crippen molar-refractivity contribution in [3.8, 4) is 0 Å². The third-order valence-corrected chi connectivity index (χ3v) is 2.25. The second-order valence-corrected chi connectivity index (χ2v) is 4.58. The summed E-state index contributed by atoms with van der Waals surface area (Å²) in [6.07, 6.45) is -1.07. The van der Waals surface area contributed by atoms with Crippen molar-refractivity contribution in [1.29, 1.82) is 0 Å². The Hall–Kier alpha value is -1.34. The Kier molecular flexibility index (Phi) is 6.64. The first-order valence-electron chi connectivity index (χ1n) is 5.72. The topological polar surface area (TPSA) is 99.1 Å². The van der Waals surface area contributed by atoms with E-state index in [0.717, 1.165) is 0 Å². The molecule has 0 saturated heterocycles. The fourth-order valence-electron chi connectivity index (χ4n) is 1.36. The van der Waals surface area contributed by atoms with Crippen LogP contribution in [0.25, 0.3) is 0 Å². The van der Waals surface area contributed by atoms with Gasteiger partial charge in [0.05, 0.1) is 18.7 Å². The number of carbonyl (C=O) groups is 2. The maximum atomic E-state index is 11.8. The van der Waals surface area contributed by atoms with Crippen molar-refractivity contribution >= 4 is 12.0 Å². The van der Waals surface area contributed by atoms with Crippen molar-refractivity contribution < 1.29 is 24.5 Å². The lowest BCUT2D eigenvalue weighted by molar-refractivity contribution is -0.148. The van der Waals surface area contributed by atoms with Gasteiger partial charge in [0.2, 0.25) is 0 Å². The molecule has 0 heterocycles. The molecule has 7 heteroatoms. The smallest absolute Gasteiger partial charge is 0.334 e. The number of ether oxygens (including phenoxy) is 1. The standard InChI is InChI=1S/C11H22N2O5/c1-5-13(7-11(2,3)17)10(16)12-6-8(18-4)9(14)15/h8,17H,5-7H2,1-4H3,(H,12,16)(H,14,15). The quantitative estimate of drug-likeness (QED) is 0.594. The minimum absolute atomic E-state index is 0.118. The number of carboxylic acid groups (broad SMARTS) is 1. The molecule has 0 aliphatic rings. The van der Waals surface area contributed by atoms with E-state index in [4.69, 9.17) is 9.84 Å². The van der Waals surface area contributed by atoms with E-state index in [1.807, 2.05) is 0 Å². The average molecular weight is 262 g/mol. The summed E-state index contributed by atoms with van der Waals surface area (Å²) in [5, 5.41) is 20.8. The number of aliphatic hydroxyl groups is 1. The van der Waals surface area contributed by atoms with Crippen molar-refractivity contribution in [2.45, 2.75) is 32.5 Å². The molecule has 1 atom stereocenters. The second-order valence-electron chi connectivity index (χ2n) is 4.58. The first-order chi connectivity index (χ1) is 8.21. The number of amides is 2. The summed E-state index contributed by atoms with van der Waals surface area (Å²) in [5.74, 6) is -1.14. The molecule has 0 rings (SSSR count). The van der Waals surface area contributed by atoms with Gasteiger partial charge in [0.15, 0.2) is 6.10 Å². The van der Waals surface area contributed by atoms with E-state index < -0.39 is 23.7 Å². The van der Waals surface area contributed by atoms with Crippen LogP contribution in [0.3, 0.4) is 0 Å². The van der Waals surface area contributed by atoms with E-state index in [2.05, 4.69) is 5.32 Å². The Labute approximate surface area is 107 Å². The molecular formula is C11H22N2O5. The van der Waals surface area contributed by atoms with Gasteiger partial charge in [0, 0.05) is 13.7 Å². The Morgan fingerprint density at radius 3 is 2.33 bits per heavy atom. The number of likely N-dealkylation sites (N-methyl/N-ethyl adjacent to an activating group) is 1. The average Bonchev–Trinajstić information content (AvgIpc) is 2.24. The number of methoxy groups -OCH3 is 1. The van der Waals surface area contributed by atoms with Crippen LogP contribution in [-0.4, -0.2) is 65.6 Å². The highest BCUT2D eigenvalue weighted by Crippen LogP contribution is 2.04. The number of carbonyl (C=O) groups excluding carboxylic acids is 1. The lowest BCUT2D eigenvalue weighted by Gasteiger charge is -2.28. The van der Waals surface area contributed by atoms with Crippen LogP contribution in [-0.2, 0) is 9.53 Å². The summed E-state index contributed by atoms with van der Waals surface area (Å²) in [6, 6.07) is -0.428. The van der Waals surface area contributed by atoms with Crippen molar-refractivity contribution in [3.63, 3.8) is 0 Å². The summed E-state index contributed by atoms with van der Waals surface area (Å²) in [4.78, 5) is 23.8. The normalized spacial score (nSPS) is 12.9. The number of nitrogens with zero attached hydrogens (tertiary/aromatic N) is 1. The number of nitrogens with one attached hydrogen (secondary N) is 1. The fraction of sp³-hybridized carbons (Fsp3) is 0.818. The van der Waals surface area contributed by atoms with Crippen LogP contribution in [0, 0.1) is 0 Å². The Balaban J connectivity index is 4.32. The summed E-state index contributed by atoms with van der Waals surface area (Å²) in [5.41, 5.74) is -0.999. The monoisotopic (exact) mass is 262 g/mol. The van der Waals surface area contributed by atoms with E-state index in [0.29, 0.717) is 6.54 Å². The Bertz CT molecular complexity index is 288. The van der Waals surface area contributed by atoms with Gasteiger partial charge in [-0.05, 0) is 20.8 Å². The summed E-state index contributed by atoms with van der Waals surface area (Å²) < 4.78 is 4.69. The highest BCUT2D eigenvalue weighted by atomic mass is 16.5. The van der Waals surface area contributed by atoms with Crippen LogP contribution < -0.4 is 5.32 Å². The Morgan fingerprint density at radius 1 is 1.44 bits per heavy atom.